The van der Waals surface area contributed by atoms with E-state index in [4.69, 9.17) is 4.74 Å². The molecular weight excluding hydrogens is 350 g/mol. The van der Waals surface area contributed by atoms with Gasteiger partial charge in [0.1, 0.15) is 5.78 Å². The van der Waals surface area contributed by atoms with Crippen molar-refractivity contribution in [1.29, 1.82) is 0 Å². The van der Waals surface area contributed by atoms with Crippen LogP contribution in [0.2, 0.25) is 0 Å². The van der Waals surface area contributed by atoms with Crippen LogP contribution in [-0.2, 0) is 14.3 Å². The number of carbonyl (C=O) groups excluding carboxylic acids is 2. The Morgan fingerprint density at radius 1 is 0.821 bits per heavy atom. The summed E-state index contributed by atoms with van der Waals surface area (Å²) in [7, 11) is 0. The van der Waals surface area contributed by atoms with E-state index >= 15 is 0 Å². The quantitative estimate of drug-likeness (QED) is 0.569. The van der Waals surface area contributed by atoms with Crippen molar-refractivity contribution in [3.8, 4) is 0 Å². The monoisotopic (exact) mass is 389 g/mol. The van der Waals surface area contributed by atoms with Gasteiger partial charge in [-0.15, -0.1) is 0 Å². The molecule has 0 bridgehead atoms. The fraction of sp³-hybridized carbons (Fsp3) is 0.667. The molecule has 0 saturated heterocycles. The standard InChI is InChI=1S/C24H39NO3/c1-17-11-13-19(14-12-17)25-20(27)22(5,6)16-24(9,10)28-23(7,8)15-21(3,4)18(2)26/h11-14H,15-16H2,1-10H3,(H,25,27). The van der Waals surface area contributed by atoms with Crippen LogP contribution in [0, 0.1) is 17.8 Å². The van der Waals surface area contributed by atoms with E-state index in [0.29, 0.717) is 12.8 Å². The van der Waals surface area contributed by atoms with Gasteiger partial charge >= 0.3 is 0 Å². The molecule has 0 atom stereocenters. The molecule has 4 nitrogen and oxygen atoms in total. The van der Waals surface area contributed by atoms with Gasteiger partial charge in [-0.3, -0.25) is 9.59 Å². The van der Waals surface area contributed by atoms with Crippen LogP contribution in [0.15, 0.2) is 24.3 Å². The Morgan fingerprint density at radius 2 is 1.25 bits per heavy atom. The van der Waals surface area contributed by atoms with Gasteiger partial charge in [0.05, 0.1) is 11.2 Å². The number of carbonyl (C=O) groups is 2. The van der Waals surface area contributed by atoms with E-state index in [9.17, 15) is 9.59 Å². The molecule has 0 spiro atoms. The summed E-state index contributed by atoms with van der Waals surface area (Å²) in [6.07, 6.45) is 1.18. The Kier molecular flexibility index (Phi) is 7.27. The maximum atomic E-state index is 12.9. The van der Waals surface area contributed by atoms with Gasteiger partial charge in [0.15, 0.2) is 0 Å². The lowest BCUT2D eigenvalue weighted by atomic mass is 9.77. The minimum absolute atomic E-state index is 0.0325. The Labute approximate surface area is 171 Å². The van der Waals surface area contributed by atoms with Crippen molar-refractivity contribution in [3.05, 3.63) is 29.8 Å². The maximum absolute atomic E-state index is 12.9. The van der Waals surface area contributed by atoms with Gasteiger partial charge in [0.25, 0.3) is 0 Å². The summed E-state index contributed by atoms with van der Waals surface area (Å²) >= 11 is 0. The first-order chi connectivity index (χ1) is 12.5. The number of nitrogens with one attached hydrogen (secondary N) is 1. The van der Waals surface area contributed by atoms with Crippen LogP contribution in [0.3, 0.4) is 0 Å². The summed E-state index contributed by atoms with van der Waals surface area (Å²) in [6.45, 7) is 19.5. The average molecular weight is 390 g/mol. The molecule has 0 unspecified atom stereocenters. The molecule has 1 amide bonds. The van der Waals surface area contributed by atoms with E-state index in [2.05, 4.69) is 5.32 Å². The minimum Gasteiger partial charge on any atom is -0.370 e. The predicted octanol–water partition coefficient (Wildman–Crippen LogP) is 5.93. The van der Waals surface area contributed by atoms with Gasteiger partial charge in [0, 0.05) is 16.5 Å². The molecule has 0 aliphatic heterocycles. The van der Waals surface area contributed by atoms with E-state index in [1.807, 2.05) is 86.6 Å². The molecule has 0 aliphatic carbocycles. The van der Waals surface area contributed by atoms with Crippen molar-refractivity contribution < 1.29 is 14.3 Å². The van der Waals surface area contributed by atoms with Crippen molar-refractivity contribution in [2.24, 2.45) is 10.8 Å². The summed E-state index contributed by atoms with van der Waals surface area (Å²) in [4.78, 5) is 24.8. The number of aryl methyl sites for hydroxylation is 1. The third-order valence-corrected chi connectivity index (χ3v) is 5.17. The van der Waals surface area contributed by atoms with Crippen molar-refractivity contribution in [3.63, 3.8) is 0 Å². The number of ketones is 1. The van der Waals surface area contributed by atoms with Crippen molar-refractivity contribution in [2.45, 2.75) is 93.3 Å². The lowest BCUT2D eigenvalue weighted by Crippen LogP contribution is -2.45. The molecule has 1 aromatic rings. The minimum atomic E-state index is -0.611. The van der Waals surface area contributed by atoms with Crippen molar-refractivity contribution >= 4 is 17.4 Å². The molecule has 1 N–H and O–H groups in total. The second-order valence-corrected chi connectivity index (χ2v) is 10.6. The average Bonchev–Trinajstić information content (AvgIpc) is 2.45. The molecule has 0 fully saturated rings. The van der Waals surface area contributed by atoms with Crippen molar-refractivity contribution in [2.75, 3.05) is 5.32 Å². The molecular formula is C24H39NO3. The van der Waals surface area contributed by atoms with E-state index < -0.39 is 22.0 Å². The van der Waals surface area contributed by atoms with E-state index in [-0.39, 0.29) is 11.7 Å². The highest BCUT2D eigenvalue weighted by molar-refractivity contribution is 5.94. The lowest BCUT2D eigenvalue weighted by Gasteiger charge is -2.42. The number of ether oxygens (including phenoxy) is 1. The first kappa shape index (κ1) is 24.4. The summed E-state index contributed by atoms with van der Waals surface area (Å²) in [5.74, 6) is 0.120. The second kappa shape index (κ2) is 8.36. The molecule has 4 heteroatoms. The SMILES string of the molecule is CC(=O)C(C)(C)CC(C)(C)OC(C)(C)CC(C)(C)C(=O)Nc1ccc(C)cc1. The maximum Gasteiger partial charge on any atom is 0.230 e. The van der Waals surface area contributed by atoms with Gasteiger partial charge in [-0.05, 0) is 66.5 Å². The first-order valence-corrected chi connectivity index (χ1v) is 10.1. The predicted molar refractivity (Wildman–Crippen MR) is 117 cm³/mol. The van der Waals surface area contributed by atoms with Gasteiger partial charge < -0.3 is 10.1 Å². The zero-order valence-corrected chi connectivity index (χ0v) is 19.4. The van der Waals surface area contributed by atoms with Crippen LogP contribution in [0.25, 0.3) is 0 Å². The summed E-state index contributed by atoms with van der Waals surface area (Å²) in [5, 5.41) is 3.01. The number of rotatable bonds is 9. The summed E-state index contributed by atoms with van der Waals surface area (Å²) < 4.78 is 6.43. The molecule has 0 saturated carbocycles. The highest BCUT2D eigenvalue weighted by Gasteiger charge is 2.41. The van der Waals surface area contributed by atoms with Crippen LogP contribution in [0.4, 0.5) is 5.69 Å². The Morgan fingerprint density at radius 3 is 1.68 bits per heavy atom. The zero-order chi connectivity index (χ0) is 22.0. The summed E-state index contributed by atoms with van der Waals surface area (Å²) in [6, 6.07) is 7.79. The summed E-state index contributed by atoms with van der Waals surface area (Å²) in [5.41, 5.74) is -0.112. The third kappa shape index (κ3) is 7.38. The topological polar surface area (TPSA) is 55.4 Å². The largest absolute Gasteiger partial charge is 0.370 e. The number of hydrogen-bond donors (Lipinski definition) is 1. The van der Waals surface area contributed by atoms with Crippen molar-refractivity contribution in [1.82, 2.24) is 0 Å². The number of Topliss-reactive ketones (excluding diaryl/α,β-unsaturated/α-hetero) is 1. The van der Waals surface area contributed by atoms with Gasteiger partial charge in [-0.2, -0.15) is 0 Å². The number of anilines is 1. The number of hydrogen-bond acceptors (Lipinski definition) is 3. The third-order valence-electron chi connectivity index (χ3n) is 5.17. The molecule has 28 heavy (non-hydrogen) atoms. The van der Waals surface area contributed by atoms with Crippen LogP contribution in [-0.4, -0.2) is 22.9 Å². The first-order valence-electron chi connectivity index (χ1n) is 10.1. The smallest absolute Gasteiger partial charge is 0.230 e. The highest BCUT2D eigenvalue weighted by Crippen LogP contribution is 2.38. The van der Waals surface area contributed by atoms with Gasteiger partial charge in [0.2, 0.25) is 5.91 Å². The zero-order valence-electron chi connectivity index (χ0n) is 19.4. The fourth-order valence-corrected chi connectivity index (χ4v) is 4.09. The van der Waals surface area contributed by atoms with Crippen LogP contribution in [0.5, 0.6) is 0 Å². The van der Waals surface area contributed by atoms with E-state index in [1.165, 1.54) is 0 Å². The molecule has 0 aromatic heterocycles. The molecule has 158 valence electrons. The van der Waals surface area contributed by atoms with E-state index in [1.54, 1.807) is 6.92 Å². The molecule has 1 rings (SSSR count). The fourth-order valence-electron chi connectivity index (χ4n) is 4.09. The van der Waals surface area contributed by atoms with Gasteiger partial charge in [-0.25, -0.2) is 0 Å². The molecule has 0 aliphatic rings. The number of benzene rings is 1. The number of amides is 1. The Balaban J connectivity index is 2.83. The van der Waals surface area contributed by atoms with Crippen LogP contribution in [0.1, 0.15) is 80.7 Å². The Hall–Kier alpha value is -1.68. The molecule has 1 aromatic carbocycles. The second-order valence-electron chi connectivity index (χ2n) is 10.6. The van der Waals surface area contributed by atoms with E-state index in [0.717, 1.165) is 11.3 Å². The van der Waals surface area contributed by atoms with Crippen LogP contribution < -0.4 is 5.32 Å². The Bertz CT molecular complexity index is 697. The van der Waals surface area contributed by atoms with Gasteiger partial charge in [-0.1, -0.05) is 45.4 Å². The van der Waals surface area contributed by atoms with Crippen LogP contribution >= 0.6 is 0 Å². The lowest BCUT2D eigenvalue weighted by molar-refractivity contribution is -0.160. The molecule has 0 radical (unpaired) electrons. The normalized spacial score (nSPS) is 13.4. The molecule has 0 heterocycles. The highest BCUT2D eigenvalue weighted by atomic mass is 16.5.